The first-order valence-electron chi connectivity index (χ1n) is 4.53. The lowest BCUT2D eigenvalue weighted by Crippen LogP contribution is -2.06. The molecule has 0 radical (unpaired) electrons. The Kier molecular flexibility index (Phi) is 1.90. The molecule has 0 unspecified atom stereocenters. The van der Waals surface area contributed by atoms with Gasteiger partial charge >= 0.3 is 6.18 Å². The van der Waals surface area contributed by atoms with E-state index in [0.29, 0.717) is 0 Å². The number of benzene rings is 1. The van der Waals surface area contributed by atoms with Crippen LogP contribution in [0.3, 0.4) is 0 Å². The first-order chi connectivity index (χ1) is 7.47. The molecule has 0 saturated carbocycles. The van der Waals surface area contributed by atoms with E-state index in [9.17, 15) is 13.2 Å². The summed E-state index contributed by atoms with van der Waals surface area (Å²) in [4.78, 5) is 0. The van der Waals surface area contributed by atoms with Crippen LogP contribution >= 0.6 is 0 Å². The van der Waals surface area contributed by atoms with E-state index in [1.807, 2.05) is 0 Å². The highest BCUT2D eigenvalue weighted by molar-refractivity contribution is 5.35. The molecule has 1 heterocycles. The lowest BCUT2D eigenvalue weighted by atomic mass is 10.2. The molecule has 2 rings (SSSR count). The fraction of sp³-hybridized carbons (Fsp3) is 0.111. The SMILES string of the molecule is [2H]c1cn(-c2cccc(C(F)(F)F)c2)nn1. The summed E-state index contributed by atoms with van der Waals surface area (Å²) in [5.41, 5.74) is -0.534. The van der Waals surface area contributed by atoms with Gasteiger partial charge < -0.3 is 0 Å². The molecule has 0 fully saturated rings. The molecule has 0 aliphatic carbocycles. The maximum Gasteiger partial charge on any atom is 0.416 e. The third-order valence-corrected chi connectivity index (χ3v) is 1.82. The van der Waals surface area contributed by atoms with Gasteiger partial charge in [-0.2, -0.15) is 13.2 Å². The first-order valence-corrected chi connectivity index (χ1v) is 4.03. The topological polar surface area (TPSA) is 30.7 Å². The zero-order valence-corrected chi connectivity index (χ0v) is 7.36. The fourth-order valence-electron chi connectivity index (χ4n) is 1.13. The molecule has 6 heteroatoms. The van der Waals surface area contributed by atoms with Crippen molar-refractivity contribution in [1.82, 2.24) is 15.0 Å². The highest BCUT2D eigenvalue weighted by atomic mass is 19.4. The smallest absolute Gasteiger partial charge is 0.221 e. The quantitative estimate of drug-likeness (QED) is 0.729. The van der Waals surface area contributed by atoms with Crippen LogP contribution in [0.25, 0.3) is 5.69 Å². The van der Waals surface area contributed by atoms with Gasteiger partial charge in [0.15, 0.2) is 0 Å². The molecule has 0 bridgehead atoms. The molecule has 0 amide bonds. The van der Waals surface area contributed by atoms with Crippen molar-refractivity contribution < 1.29 is 14.5 Å². The Labute approximate surface area is 84.6 Å². The van der Waals surface area contributed by atoms with E-state index in [2.05, 4.69) is 10.3 Å². The average Bonchev–Trinajstić information content (AvgIpc) is 2.64. The minimum absolute atomic E-state index is 0.0996. The number of rotatable bonds is 1. The van der Waals surface area contributed by atoms with E-state index in [4.69, 9.17) is 1.37 Å². The van der Waals surface area contributed by atoms with Crippen LogP contribution in [0.15, 0.2) is 36.6 Å². The van der Waals surface area contributed by atoms with Gasteiger partial charge in [0, 0.05) is 0 Å². The van der Waals surface area contributed by atoms with E-state index in [1.165, 1.54) is 18.3 Å². The summed E-state index contributed by atoms with van der Waals surface area (Å²) < 4.78 is 45.5. The van der Waals surface area contributed by atoms with Crippen molar-refractivity contribution >= 4 is 0 Å². The molecule has 1 aromatic heterocycles. The van der Waals surface area contributed by atoms with Crippen LogP contribution < -0.4 is 0 Å². The van der Waals surface area contributed by atoms with Gasteiger partial charge in [0.25, 0.3) is 0 Å². The summed E-state index contributed by atoms with van der Waals surface area (Å²) in [5.74, 6) is 0. The summed E-state index contributed by atoms with van der Waals surface area (Å²) in [6.07, 6.45) is -3.26. The molecule has 78 valence electrons. The van der Waals surface area contributed by atoms with E-state index < -0.39 is 11.7 Å². The van der Waals surface area contributed by atoms with Crippen molar-refractivity contribution in [3.05, 3.63) is 42.2 Å². The van der Waals surface area contributed by atoms with Crippen LogP contribution in [0, 0.1) is 0 Å². The third-order valence-electron chi connectivity index (χ3n) is 1.82. The van der Waals surface area contributed by atoms with Gasteiger partial charge in [-0.25, -0.2) is 4.68 Å². The number of halogens is 3. The normalized spacial score (nSPS) is 12.6. The molecule has 2 aromatic rings. The predicted octanol–water partition coefficient (Wildman–Crippen LogP) is 2.29. The zero-order valence-electron chi connectivity index (χ0n) is 8.36. The molecule has 0 spiro atoms. The Morgan fingerprint density at radius 1 is 1.33 bits per heavy atom. The second kappa shape index (κ2) is 3.38. The number of hydrogen-bond donors (Lipinski definition) is 0. The number of hydrogen-bond acceptors (Lipinski definition) is 2. The number of alkyl halides is 3. The summed E-state index contributed by atoms with van der Waals surface area (Å²) >= 11 is 0. The maximum atomic E-state index is 12.4. The maximum absolute atomic E-state index is 12.4. The summed E-state index contributed by atoms with van der Waals surface area (Å²) in [5, 5.41) is 6.90. The van der Waals surface area contributed by atoms with Crippen molar-refractivity contribution in [3.63, 3.8) is 0 Å². The minimum atomic E-state index is -4.39. The molecule has 0 aliphatic rings. The van der Waals surface area contributed by atoms with Crippen LogP contribution in [0.2, 0.25) is 0 Å². The highest BCUT2D eigenvalue weighted by Crippen LogP contribution is 2.29. The lowest BCUT2D eigenvalue weighted by Gasteiger charge is -2.07. The van der Waals surface area contributed by atoms with Gasteiger partial charge in [0.05, 0.1) is 25.0 Å². The third kappa shape index (κ3) is 1.98. The van der Waals surface area contributed by atoms with E-state index in [0.717, 1.165) is 16.8 Å². The molecule has 0 saturated heterocycles. The second-order valence-electron chi connectivity index (χ2n) is 2.84. The standard InChI is InChI=1S/C9H6F3N3/c10-9(11,12)7-2-1-3-8(6-7)15-5-4-13-14-15/h1-6H/i4D. The Bertz CT molecular complexity index is 507. The van der Waals surface area contributed by atoms with Gasteiger partial charge in [0.2, 0.25) is 0 Å². The monoisotopic (exact) mass is 214 g/mol. The summed E-state index contributed by atoms with van der Waals surface area (Å²) in [7, 11) is 0. The molecule has 15 heavy (non-hydrogen) atoms. The first kappa shape index (κ1) is 8.46. The van der Waals surface area contributed by atoms with Gasteiger partial charge in [-0.1, -0.05) is 11.3 Å². The number of aromatic nitrogens is 3. The van der Waals surface area contributed by atoms with Crippen LogP contribution in [0.4, 0.5) is 13.2 Å². The Morgan fingerprint density at radius 2 is 2.13 bits per heavy atom. The fourth-order valence-corrected chi connectivity index (χ4v) is 1.13. The minimum Gasteiger partial charge on any atom is -0.221 e. The molecular weight excluding hydrogens is 207 g/mol. The van der Waals surface area contributed by atoms with Crippen molar-refractivity contribution in [2.24, 2.45) is 0 Å². The molecule has 0 aliphatic heterocycles. The van der Waals surface area contributed by atoms with Gasteiger partial charge in [-0.3, -0.25) is 0 Å². The van der Waals surface area contributed by atoms with Crippen molar-refractivity contribution in [3.8, 4) is 5.69 Å². The Morgan fingerprint density at radius 3 is 2.73 bits per heavy atom. The zero-order chi connectivity index (χ0) is 11.8. The largest absolute Gasteiger partial charge is 0.416 e. The van der Waals surface area contributed by atoms with Crippen molar-refractivity contribution in [2.45, 2.75) is 6.18 Å². The molecular formula is C9H6F3N3. The van der Waals surface area contributed by atoms with Crippen LogP contribution in [-0.2, 0) is 6.18 Å². The van der Waals surface area contributed by atoms with Crippen LogP contribution in [0.5, 0.6) is 0 Å². The summed E-state index contributed by atoms with van der Waals surface area (Å²) in [6.45, 7) is 0. The predicted molar refractivity (Wildman–Crippen MR) is 46.4 cm³/mol. The molecule has 0 N–H and O–H groups in total. The van der Waals surface area contributed by atoms with E-state index in [1.54, 1.807) is 0 Å². The molecule has 1 aromatic carbocycles. The lowest BCUT2D eigenvalue weighted by molar-refractivity contribution is -0.137. The van der Waals surface area contributed by atoms with Crippen LogP contribution in [0.1, 0.15) is 6.93 Å². The Balaban J connectivity index is 2.44. The average molecular weight is 214 g/mol. The van der Waals surface area contributed by atoms with Crippen molar-refractivity contribution in [2.75, 3.05) is 0 Å². The second-order valence-corrected chi connectivity index (χ2v) is 2.84. The molecule has 0 atom stereocenters. The van der Waals surface area contributed by atoms with Gasteiger partial charge in [-0.05, 0) is 18.2 Å². The van der Waals surface area contributed by atoms with Gasteiger partial charge in [-0.15, -0.1) is 5.10 Å². The summed E-state index contributed by atoms with van der Waals surface area (Å²) in [6, 6.07) is 4.67. The Hall–Kier alpha value is -1.85. The van der Waals surface area contributed by atoms with Gasteiger partial charge in [0.1, 0.15) is 0 Å². The number of nitrogens with zero attached hydrogens (tertiary/aromatic N) is 3. The highest BCUT2D eigenvalue weighted by Gasteiger charge is 2.30. The van der Waals surface area contributed by atoms with E-state index >= 15 is 0 Å². The molecule has 3 nitrogen and oxygen atoms in total. The van der Waals surface area contributed by atoms with E-state index in [-0.39, 0.29) is 11.9 Å². The van der Waals surface area contributed by atoms with Crippen molar-refractivity contribution in [1.29, 1.82) is 0 Å². The van der Waals surface area contributed by atoms with Crippen LogP contribution in [-0.4, -0.2) is 15.0 Å².